The molecule has 4 heterocycles. The van der Waals surface area contributed by atoms with Crippen molar-refractivity contribution in [1.82, 2.24) is 30.0 Å². The molecule has 34 heavy (non-hydrogen) atoms. The number of rotatable bonds is 7. The first-order valence-electron chi connectivity index (χ1n) is 12.0. The fraction of sp³-hybridized carbons (Fsp3) is 0.500. The van der Waals surface area contributed by atoms with Gasteiger partial charge in [0, 0.05) is 52.2 Å². The van der Waals surface area contributed by atoms with Gasteiger partial charge in [-0.3, -0.25) is 14.8 Å². The first-order chi connectivity index (χ1) is 16.5. The van der Waals surface area contributed by atoms with Crippen molar-refractivity contribution in [1.29, 1.82) is 0 Å². The van der Waals surface area contributed by atoms with E-state index >= 15 is 0 Å². The van der Waals surface area contributed by atoms with Crippen LogP contribution in [0.5, 0.6) is 0 Å². The SMILES string of the molecule is CC(=O)N1CCC(Nc2ncc3[nH]nc(NC[C@H](O)CN4CCc5ccccc5C4)c3n2)CC1. The molecule has 1 fully saturated rings. The predicted octanol–water partition coefficient (Wildman–Crippen LogP) is 1.61. The molecule has 1 saturated heterocycles. The number of fused-ring (bicyclic) bond motifs is 2. The lowest BCUT2D eigenvalue weighted by Gasteiger charge is -2.31. The second kappa shape index (κ2) is 9.94. The fourth-order valence-corrected chi connectivity index (χ4v) is 4.81. The van der Waals surface area contributed by atoms with Gasteiger partial charge in [-0.25, -0.2) is 9.97 Å². The van der Waals surface area contributed by atoms with Crippen molar-refractivity contribution in [2.24, 2.45) is 0 Å². The minimum atomic E-state index is -0.525. The largest absolute Gasteiger partial charge is 0.390 e. The van der Waals surface area contributed by atoms with E-state index in [0.717, 1.165) is 51.0 Å². The highest BCUT2D eigenvalue weighted by atomic mass is 16.3. The zero-order chi connectivity index (χ0) is 23.5. The number of hydrogen-bond acceptors (Lipinski definition) is 8. The molecule has 1 amide bonds. The van der Waals surface area contributed by atoms with Crippen LogP contribution in [0, 0.1) is 0 Å². The molecule has 0 aliphatic carbocycles. The summed E-state index contributed by atoms with van der Waals surface area (Å²) >= 11 is 0. The molecule has 10 heteroatoms. The number of anilines is 2. The highest BCUT2D eigenvalue weighted by Gasteiger charge is 2.22. The van der Waals surface area contributed by atoms with Crippen LogP contribution in [-0.2, 0) is 17.8 Å². The van der Waals surface area contributed by atoms with Crippen molar-refractivity contribution in [2.75, 3.05) is 43.4 Å². The van der Waals surface area contributed by atoms with Crippen LogP contribution in [0.3, 0.4) is 0 Å². The van der Waals surface area contributed by atoms with E-state index in [1.54, 1.807) is 13.1 Å². The van der Waals surface area contributed by atoms with Gasteiger partial charge in [0.25, 0.3) is 0 Å². The summed E-state index contributed by atoms with van der Waals surface area (Å²) in [5.41, 5.74) is 4.18. The first kappa shape index (κ1) is 22.5. The Hall–Kier alpha value is -3.24. The summed E-state index contributed by atoms with van der Waals surface area (Å²) < 4.78 is 0. The van der Waals surface area contributed by atoms with Crippen molar-refractivity contribution >= 4 is 28.7 Å². The van der Waals surface area contributed by atoms with Gasteiger partial charge in [0.2, 0.25) is 11.9 Å². The Morgan fingerprint density at radius 3 is 2.82 bits per heavy atom. The zero-order valence-electron chi connectivity index (χ0n) is 19.5. The molecule has 0 radical (unpaired) electrons. The van der Waals surface area contributed by atoms with Crippen LogP contribution in [0.2, 0.25) is 0 Å². The zero-order valence-corrected chi connectivity index (χ0v) is 19.5. The second-order valence-corrected chi connectivity index (χ2v) is 9.24. The van der Waals surface area contributed by atoms with Gasteiger partial charge in [-0.05, 0) is 30.4 Å². The average Bonchev–Trinajstić information content (AvgIpc) is 3.25. The van der Waals surface area contributed by atoms with E-state index in [2.05, 4.69) is 60.0 Å². The minimum absolute atomic E-state index is 0.123. The van der Waals surface area contributed by atoms with Gasteiger partial charge in [-0.2, -0.15) is 5.10 Å². The number of likely N-dealkylation sites (tertiary alicyclic amines) is 1. The van der Waals surface area contributed by atoms with Crippen LogP contribution in [0.1, 0.15) is 30.9 Å². The van der Waals surface area contributed by atoms with Crippen LogP contribution < -0.4 is 10.6 Å². The number of carbonyl (C=O) groups is 1. The lowest BCUT2D eigenvalue weighted by Crippen LogP contribution is -2.41. The molecular weight excluding hydrogens is 432 g/mol. The third kappa shape index (κ3) is 5.13. The molecule has 4 N–H and O–H groups in total. The number of benzene rings is 1. The summed E-state index contributed by atoms with van der Waals surface area (Å²) in [5, 5.41) is 24.5. The molecule has 3 aromatic rings. The average molecular weight is 465 g/mol. The van der Waals surface area contributed by atoms with Crippen molar-refractivity contribution in [2.45, 2.75) is 44.9 Å². The monoisotopic (exact) mass is 464 g/mol. The van der Waals surface area contributed by atoms with E-state index in [-0.39, 0.29) is 11.9 Å². The number of nitrogens with one attached hydrogen (secondary N) is 3. The number of piperidine rings is 1. The lowest BCUT2D eigenvalue weighted by molar-refractivity contribution is -0.129. The van der Waals surface area contributed by atoms with E-state index in [9.17, 15) is 9.90 Å². The number of aliphatic hydroxyl groups is 1. The second-order valence-electron chi connectivity index (χ2n) is 9.24. The minimum Gasteiger partial charge on any atom is -0.390 e. The van der Waals surface area contributed by atoms with Crippen molar-refractivity contribution in [3.8, 4) is 0 Å². The third-order valence-electron chi connectivity index (χ3n) is 6.76. The summed E-state index contributed by atoms with van der Waals surface area (Å²) in [6.45, 7) is 5.90. The Balaban J connectivity index is 1.16. The highest BCUT2D eigenvalue weighted by Crippen LogP contribution is 2.21. The number of aromatic nitrogens is 4. The van der Waals surface area contributed by atoms with Gasteiger partial charge in [-0.1, -0.05) is 24.3 Å². The summed E-state index contributed by atoms with van der Waals surface area (Å²) in [4.78, 5) is 24.7. The van der Waals surface area contributed by atoms with E-state index in [4.69, 9.17) is 0 Å². The Morgan fingerprint density at radius 2 is 2.03 bits per heavy atom. The van der Waals surface area contributed by atoms with Gasteiger partial charge in [0.1, 0.15) is 11.0 Å². The van der Waals surface area contributed by atoms with E-state index in [1.165, 1.54) is 11.1 Å². The molecule has 0 saturated carbocycles. The molecule has 2 aromatic heterocycles. The lowest BCUT2D eigenvalue weighted by atomic mass is 10.00. The van der Waals surface area contributed by atoms with Crippen LogP contribution in [0.4, 0.5) is 11.8 Å². The molecule has 180 valence electrons. The number of carbonyl (C=O) groups excluding carboxylic acids is 1. The molecule has 0 spiro atoms. The Morgan fingerprint density at radius 1 is 1.24 bits per heavy atom. The molecule has 0 unspecified atom stereocenters. The normalized spacial score (nSPS) is 18.0. The molecule has 5 rings (SSSR count). The molecule has 1 aromatic carbocycles. The number of aromatic amines is 1. The van der Waals surface area contributed by atoms with E-state index < -0.39 is 6.10 Å². The maximum Gasteiger partial charge on any atom is 0.223 e. The summed E-state index contributed by atoms with van der Waals surface area (Å²) in [6.07, 6.45) is 3.94. The van der Waals surface area contributed by atoms with Gasteiger partial charge >= 0.3 is 0 Å². The highest BCUT2D eigenvalue weighted by molar-refractivity contribution is 5.85. The van der Waals surface area contributed by atoms with E-state index in [0.29, 0.717) is 30.4 Å². The van der Waals surface area contributed by atoms with Gasteiger partial charge < -0.3 is 20.6 Å². The van der Waals surface area contributed by atoms with Gasteiger partial charge in [0.05, 0.1) is 12.3 Å². The molecule has 2 aliphatic rings. The molecule has 0 bridgehead atoms. The smallest absolute Gasteiger partial charge is 0.223 e. The van der Waals surface area contributed by atoms with Crippen LogP contribution in [0.15, 0.2) is 30.5 Å². The maximum absolute atomic E-state index is 11.5. The van der Waals surface area contributed by atoms with Crippen molar-refractivity contribution in [3.05, 3.63) is 41.6 Å². The van der Waals surface area contributed by atoms with Crippen molar-refractivity contribution in [3.63, 3.8) is 0 Å². The van der Waals surface area contributed by atoms with Crippen LogP contribution >= 0.6 is 0 Å². The number of H-pyrrole nitrogens is 1. The Bertz CT molecular complexity index is 1140. The summed E-state index contributed by atoms with van der Waals surface area (Å²) in [6, 6.07) is 8.74. The fourth-order valence-electron chi connectivity index (χ4n) is 4.81. The van der Waals surface area contributed by atoms with Crippen LogP contribution in [0.25, 0.3) is 11.0 Å². The van der Waals surface area contributed by atoms with E-state index in [1.807, 2.05) is 4.90 Å². The Kier molecular flexibility index (Phi) is 6.59. The number of amides is 1. The van der Waals surface area contributed by atoms with Gasteiger partial charge in [0.15, 0.2) is 5.82 Å². The molecule has 2 aliphatic heterocycles. The molecule has 1 atom stereocenters. The number of aliphatic hydroxyl groups excluding tert-OH is 1. The number of β-amino-alcohol motifs (C(OH)–C–C–N with tert-alkyl or cyclic N) is 1. The molecular formula is C24H32N8O2. The summed E-state index contributed by atoms with van der Waals surface area (Å²) in [5.74, 6) is 1.28. The van der Waals surface area contributed by atoms with Gasteiger partial charge in [-0.15, -0.1) is 0 Å². The predicted molar refractivity (Wildman–Crippen MR) is 131 cm³/mol. The summed E-state index contributed by atoms with van der Waals surface area (Å²) in [7, 11) is 0. The number of hydrogen-bond donors (Lipinski definition) is 4. The standard InChI is InChI=1S/C24H32N8O2/c1-16(33)32-10-7-19(8-11-32)27-24-26-13-21-22(28-24)23(30-29-21)25-12-20(34)15-31-9-6-17-4-2-3-5-18(17)14-31/h2-5,13,19-20,34H,6-12,14-15H2,1H3,(H2,25,29,30)(H,26,27,28)/t20-/m0/s1. The number of nitrogens with zero attached hydrogens (tertiary/aromatic N) is 5. The third-order valence-corrected chi connectivity index (χ3v) is 6.76. The quantitative estimate of drug-likeness (QED) is 0.416. The first-order valence-corrected chi connectivity index (χ1v) is 12.0. The Labute approximate surface area is 198 Å². The van der Waals surface area contributed by atoms with Crippen molar-refractivity contribution < 1.29 is 9.90 Å². The maximum atomic E-state index is 11.5. The molecule has 10 nitrogen and oxygen atoms in total. The van der Waals surface area contributed by atoms with Crippen LogP contribution in [-0.4, -0.2) is 85.8 Å². The topological polar surface area (TPSA) is 122 Å².